The molecule has 0 aliphatic carbocycles. The molecule has 0 fully saturated rings. The maximum atomic E-state index is 14.3. The monoisotopic (exact) mass is 478 g/mol. The summed E-state index contributed by atoms with van der Waals surface area (Å²) in [7, 11) is 1.92. The second-order valence-electron chi connectivity index (χ2n) is 9.01. The third-order valence-electron chi connectivity index (χ3n) is 5.89. The molecule has 7 nitrogen and oxygen atoms in total. The van der Waals surface area contributed by atoms with Crippen molar-refractivity contribution < 1.29 is 18.7 Å². The fourth-order valence-electron chi connectivity index (χ4n) is 3.81. The summed E-state index contributed by atoms with van der Waals surface area (Å²) < 4.78 is 27.7. The Bertz CT molecular complexity index is 1200. The van der Waals surface area contributed by atoms with Crippen molar-refractivity contribution in [3.8, 4) is 11.8 Å². The van der Waals surface area contributed by atoms with Crippen LogP contribution in [-0.4, -0.2) is 27.7 Å². The molecule has 1 atom stereocenters. The van der Waals surface area contributed by atoms with E-state index in [0.29, 0.717) is 19.0 Å². The fourth-order valence-corrected chi connectivity index (χ4v) is 3.81. The van der Waals surface area contributed by atoms with Gasteiger partial charge in [0.1, 0.15) is 17.6 Å². The number of rotatable bonds is 12. The van der Waals surface area contributed by atoms with Crippen molar-refractivity contribution in [2.75, 3.05) is 6.61 Å². The Labute approximate surface area is 205 Å². The van der Waals surface area contributed by atoms with Gasteiger partial charge in [0.25, 0.3) is 5.91 Å². The average Bonchev–Trinajstić information content (AvgIpc) is 3.24. The maximum Gasteiger partial charge on any atom is 0.261 e. The fraction of sp³-hybridized carbons (Fsp3) is 0.370. The average molecular weight is 479 g/mol. The first-order chi connectivity index (χ1) is 16.7. The SMILES string of the molecule is Cn1cncc1C(CCCCOCc1cccc(OC(C)(C)C(N)=O)c1)c1ccc(C#N)c(F)c1. The number of unbranched alkanes of at least 4 members (excludes halogenated alkanes) is 1. The van der Waals surface area contributed by atoms with Gasteiger partial charge in [-0.05, 0) is 62.1 Å². The number of hydrogen-bond donors (Lipinski definition) is 1. The molecule has 0 saturated carbocycles. The molecule has 1 amide bonds. The highest BCUT2D eigenvalue weighted by Crippen LogP contribution is 2.30. The minimum Gasteiger partial charge on any atom is -0.478 e. The Kier molecular flexibility index (Phi) is 8.61. The Balaban J connectivity index is 1.53. The number of aromatic nitrogens is 2. The number of amides is 1. The molecule has 1 aromatic heterocycles. The minimum absolute atomic E-state index is 0.0350. The van der Waals surface area contributed by atoms with E-state index in [1.54, 1.807) is 32.4 Å². The number of nitriles is 1. The van der Waals surface area contributed by atoms with Crippen molar-refractivity contribution in [2.24, 2.45) is 12.8 Å². The van der Waals surface area contributed by atoms with Crippen molar-refractivity contribution >= 4 is 5.91 Å². The molecule has 2 aromatic carbocycles. The number of primary amides is 1. The normalized spacial score (nSPS) is 12.2. The number of halogens is 1. The molecule has 184 valence electrons. The van der Waals surface area contributed by atoms with Crippen LogP contribution < -0.4 is 10.5 Å². The van der Waals surface area contributed by atoms with E-state index in [-0.39, 0.29) is 11.5 Å². The molecule has 0 spiro atoms. The van der Waals surface area contributed by atoms with E-state index in [2.05, 4.69) is 4.98 Å². The van der Waals surface area contributed by atoms with Crippen LogP contribution in [0.25, 0.3) is 0 Å². The van der Waals surface area contributed by atoms with Crippen LogP contribution in [0.1, 0.15) is 61.4 Å². The van der Waals surface area contributed by atoms with Crippen molar-refractivity contribution in [1.29, 1.82) is 5.26 Å². The zero-order chi connectivity index (χ0) is 25.4. The van der Waals surface area contributed by atoms with Crippen LogP contribution in [0.3, 0.4) is 0 Å². The molecule has 3 aromatic rings. The molecule has 0 aliphatic heterocycles. The Morgan fingerprint density at radius 3 is 2.71 bits per heavy atom. The van der Waals surface area contributed by atoms with E-state index >= 15 is 0 Å². The summed E-state index contributed by atoms with van der Waals surface area (Å²) in [6, 6.07) is 14.0. The van der Waals surface area contributed by atoms with Crippen LogP contribution in [0.2, 0.25) is 0 Å². The Morgan fingerprint density at radius 2 is 2.06 bits per heavy atom. The van der Waals surface area contributed by atoms with Crippen LogP contribution in [0.15, 0.2) is 55.0 Å². The molecule has 35 heavy (non-hydrogen) atoms. The molecule has 1 heterocycles. The van der Waals surface area contributed by atoms with Crippen molar-refractivity contribution in [1.82, 2.24) is 9.55 Å². The molecule has 0 radical (unpaired) electrons. The number of carbonyl (C=O) groups excluding carboxylic acids is 1. The van der Waals surface area contributed by atoms with Gasteiger partial charge in [-0.3, -0.25) is 4.79 Å². The van der Waals surface area contributed by atoms with Gasteiger partial charge in [-0.2, -0.15) is 5.26 Å². The van der Waals surface area contributed by atoms with Crippen LogP contribution in [0.5, 0.6) is 5.75 Å². The lowest BCUT2D eigenvalue weighted by Gasteiger charge is -2.23. The molecule has 2 N–H and O–H groups in total. The lowest BCUT2D eigenvalue weighted by molar-refractivity contribution is -0.130. The highest BCUT2D eigenvalue weighted by Gasteiger charge is 2.27. The molecule has 3 rings (SSSR count). The van der Waals surface area contributed by atoms with Gasteiger partial charge in [0.05, 0.1) is 18.5 Å². The van der Waals surface area contributed by atoms with E-state index in [4.69, 9.17) is 20.5 Å². The third kappa shape index (κ3) is 6.90. The summed E-state index contributed by atoms with van der Waals surface area (Å²) in [5, 5.41) is 9.03. The summed E-state index contributed by atoms with van der Waals surface area (Å²) in [6.07, 6.45) is 6.02. The lowest BCUT2D eigenvalue weighted by Crippen LogP contribution is -2.43. The second-order valence-corrected chi connectivity index (χ2v) is 9.01. The number of nitrogens with zero attached hydrogens (tertiary/aromatic N) is 3. The number of benzene rings is 2. The van der Waals surface area contributed by atoms with Crippen molar-refractivity contribution in [3.63, 3.8) is 0 Å². The van der Waals surface area contributed by atoms with Crippen LogP contribution in [0.4, 0.5) is 4.39 Å². The summed E-state index contributed by atoms with van der Waals surface area (Å²) in [5.74, 6) is -0.519. The number of aryl methyl sites for hydroxylation is 1. The number of ether oxygens (including phenoxy) is 2. The Morgan fingerprint density at radius 1 is 1.26 bits per heavy atom. The van der Waals surface area contributed by atoms with E-state index in [1.165, 1.54) is 12.1 Å². The van der Waals surface area contributed by atoms with Crippen LogP contribution in [0, 0.1) is 17.1 Å². The number of nitrogens with two attached hydrogens (primary N) is 1. The zero-order valence-corrected chi connectivity index (χ0v) is 20.3. The molecule has 0 saturated heterocycles. The van der Waals surface area contributed by atoms with Gasteiger partial charge < -0.3 is 19.8 Å². The van der Waals surface area contributed by atoms with E-state index in [0.717, 1.165) is 36.1 Å². The first-order valence-electron chi connectivity index (χ1n) is 11.5. The quantitative estimate of drug-likeness (QED) is 0.384. The van der Waals surface area contributed by atoms with E-state index < -0.39 is 17.3 Å². The summed E-state index contributed by atoms with van der Waals surface area (Å²) in [5.41, 5.74) is 7.07. The van der Waals surface area contributed by atoms with Gasteiger partial charge >= 0.3 is 0 Å². The maximum absolute atomic E-state index is 14.3. The highest BCUT2D eigenvalue weighted by atomic mass is 19.1. The third-order valence-corrected chi connectivity index (χ3v) is 5.89. The lowest BCUT2D eigenvalue weighted by atomic mass is 9.90. The van der Waals surface area contributed by atoms with E-state index in [9.17, 15) is 9.18 Å². The first-order valence-corrected chi connectivity index (χ1v) is 11.5. The minimum atomic E-state index is -1.10. The van der Waals surface area contributed by atoms with Crippen molar-refractivity contribution in [3.05, 3.63) is 83.2 Å². The smallest absolute Gasteiger partial charge is 0.261 e. The largest absolute Gasteiger partial charge is 0.478 e. The summed E-state index contributed by atoms with van der Waals surface area (Å²) >= 11 is 0. The number of imidazole rings is 1. The van der Waals surface area contributed by atoms with E-state index in [1.807, 2.05) is 41.9 Å². The first kappa shape index (κ1) is 25.9. The summed E-state index contributed by atoms with van der Waals surface area (Å²) in [6.45, 7) is 4.24. The highest BCUT2D eigenvalue weighted by molar-refractivity contribution is 5.82. The molecular weight excluding hydrogens is 447 g/mol. The standard InChI is InChI=1S/C27H31FN4O3/c1-27(2,26(30)33)35-22-8-6-7-19(13-22)17-34-12-5-4-9-23(25-16-31-18-32(25)3)20-10-11-21(15-29)24(28)14-20/h6-8,10-11,13-14,16,18,23H,4-5,9,12,17H2,1-3H3,(H2,30,33). The molecule has 0 bridgehead atoms. The van der Waals surface area contributed by atoms with Gasteiger partial charge in [-0.25, -0.2) is 9.37 Å². The summed E-state index contributed by atoms with van der Waals surface area (Å²) in [4.78, 5) is 15.7. The zero-order valence-electron chi connectivity index (χ0n) is 20.3. The number of hydrogen-bond acceptors (Lipinski definition) is 5. The van der Waals surface area contributed by atoms with Crippen molar-refractivity contribution in [2.45, 2.75) is 51.2 Å². The molecular formula is C27H31FN4O3. The van der Waals surface area contributed by atoms with Gasteiger partial charge in [-0.15, -0.1) is 0 Å². The predicted octanol–water partition coefficient (Wildman–Crippen LogP) is 4.59. The van der Waals surface area contributed by atoms with Gasteiger partial charge in [0.2, 0.25) is 0 Å². The van der Waals surface area contributed by atoms with Crippen LogP contribution in [-0.2, 0) is 23.2 Å². The van der Waals surface area contributed by atoms with Crippen LogP contribution >= 0.6 is 0 Å². The predicted molar refractivity (Wildman–Crippen MR) is 130 cm³/mol. The topological polar surface area (TPSA) is 103 Å². The van der Waals surface area contributed by atoms with Gasteiger partial charge in [-0.1, -0.05) is 24.6 Å². The second kappa shape index (κ2) is 11.6. The number of carbonyl (C=O) groups is 1. The molecule has 1 unspecified atom stereocenters. The van der Waals surface area contributed by atoms with Gasteiger partial charge in [0, 0.05) is 31.5 Å². The van der Waals surface area contributed by atoms with Gasteiger partial charge in [0.15, 0.2) is 5.60 Å². The Hall–Kier alpha value is -3.70. The molecule has 0 aliphatic rings. The molecule has 8 heteroatoms.